The van der Waals surface area contributed by atoms with E-state index < -0.39 is 11.9 Å². The van der Waals surface area contributed by atoms with Crippen LogP contribution in [-0.2, 0) is 7.05 Å². The number of benzene rings is 1. The molecule has 6 nitrogen and oxygen atoms in total. The first-order valence-corrected chi connectivity index (χ1v) is 9.71. The van der Waals surface area contributed by atoms with Crippen LogP contribution in [0.5, 0.6) is 0 Å². The molecule has 1 aromatic heterocycles. The van der Waals surface area contributed by atoms with E-state index in [0.717, 1.165) is 3.57 Å². The Morgan fingerprint density at radius 3 is 2.64 bits per heavy atom. The molecule has 8 heteroatoms. The van der Waals surface area contributed by atoms with Gasteiger partial charge in [-0.3, -0.25) is 9.36 Å². The number of fused-ring (bicyclic) bond motifs is 1. The van der Waals surface area contributed by atoms with E-state index in [1.54, 1.807) is 37.3 Å². The van der Waals surface area contributed by atoms with Crippen molar-refractivity contribution in [1.82, 2.24) is 4.57 Å². The van der Waals surface area contributed by atoms with Gasteiger partial charge < -0.3 is 20.4 Å². The number of aromatic nitrogens is 1. The zero-order chi connectivity index (χ0) is 20.6. The Balaban J connectivity index is 2.15. The number of aliphatic hydroxyl groups excluding tert-OH is 2. The van der Waals surface area contributed by atoms with Gasteiger partial charge in [-0.25, -0.2) is 4.39 Å². The number of anilines is 3. The van der Waals surface area contributed by atoms with Gasteiger partial charge in [-0.05, 0) is 46.4 Å². The van der Waals surface area contributed by atoms with Crippen LogP contribution in [-0.4, -0.2) is 34.5 Å². The summed E-state index contributed by atoms with van der Waals surface area (Å²) < 4.78 is 16.6. The highest BCUT2D eigenvalue weighted by molar-refractivity contribution is 14.1. The molecule has 1 aliphatic heterocycles. The predicted octanol–water partition coefficient (Wildman–Crippen LogP) is 2.96. The second-order valence-electron chi connectivity index (χ2n) is 6.61. The Kier molecular flexibility index (Phi) is 5.92. The van der Waals surface area contributed by atoms with Crippen LogP contribution in [0.25, 0.3) is 5.57 Å². The number of rotatable bonds is 5. The summed E-state index contributed by atoms with van der Waals surface area (Å²) in [4.78, 5) is 14.2. The van der Waals surface area contributed by atoms with Gasteiger partial charge in [0.05, 0.1) is 17.5 Å². The number of nitrogens with zero attached hydrogens (tertiary/aromatic N) is 2. The van der Waals surface area contributed by atoms with Crippen LogP contribution in [0.1, 0.15) is 12.0 Å². The molecule has 3 N–H and O–H groups in total. The first-order chi connectivity index (χ1) is 13.2. The maximum atomic E-state index is 14.4. The Hall–Kier alpha value is -2.17. The third kappa shape index (κ3) is 3.71. The van der Waals surface area contributed by atoms with E-state index in [-0.39, 0.29) is 24.3 Å². The molecular weight excluding hydrogens is 476 g/mol. The molecule has 0 spiro atoms. The molecule has 0 fully saturated rings. The zero-order valence-corrected chi connectivity index (χ0v) is 17.7. The summed E-state index contributed by atoms with van der Waals surface area (Å²) in [5, 5.41) is 22.6. The van der Waals surface area contributed by atoms with Crippen LogP contribution in [0, 0.1) is 9.39 Å². The quantitative estimate of drug-likeness (QED) is 0.554. The van der Waals surface area contributed by atoms with Crippen molar-refractivity contribution in [1.29, 1.82) is 0 Å². The number of pyridine rings is 1. The highest BCUT2D eigenvalue weighted by Gasteiger charge is 2.28. The standard InChI is InChI=1S/C20H21FIN3O3/c1-11-13(17(27)6-7-26)10-24(2)20-19(11)16(9-18(28)25(20)3)23-15-5-4-12(22)8-14(15)21/h4-5,8-10,17,23,26-27H,1,6-7H2,2-3H3/t17-/m0/s1. The molecule has 2 aromatic rings. The second-order valence-corrected chi connectivity index (χ2v) is 7.85. The van der Waals surface area contributed by atoms with E-state index in [0.29, 0.717) is 28.2 Å². The average molecular weight is 497 g/mol. The van der Waals surface area contributed by atoms with Gasteiger partial charge in [-0.15, -0.1) is 0 Å². The first kappa shape index (κ1) is 20.6. The van der Waals surface area contributed by atoms with Crippen LogP contribution in [0.2, 0.25) is 0 Å². The van der Waals surface area contributed by atoms with Crippen molar-refractivity contribution in [3.05, 3.63) is 67.9 Å². The van der Waals surface area contributed by atoms with Gasteiger partial charge in [0.2, 0.25) is 0 Å². The smallest absolute Gasteiger partial charge is 0.253 e. The molecule has 0 saturated heterocycles. The highest BCUT2D eigenvalue weighted by Crippen LogP contribution is 2.41. The van der Waals surface area contributed by atoms with Crippen LogP contribution in [0.3, 0.4) is 0 Å². The molecule has 148 valence electrons. The number of aliphatic hydroxyl groups is 2. The third-order valence-electron chi connectivity index (χ3n) is 4.69. The van der Waals surface area contributed by atoms with Crippen LogP contribution in [0.15, 0.2) is 47.4 Å². The minimum atomic E-state index is -0.909. The number of hydrogen-bond acceptors (Lipinski definition) is 5. The Morgan fingerprint density at radius 2 is 2.00 bits per heavy atom. The van der Waals surface area contributed by atoms with Crippen molar-refractivity contribution >= 4 is 45.4 Å². The SMILES string of the molecule is C=C1C([C@@H](O)CCO)=CN(C)c2c1c(Nc1ccc(I)cc1F)cc(=O)n2C. The molecule has 28 heavy (non-hydrogen) atoms. The molecule has 0 radical (unpaired) electrons. The van der Waals surface area contributed by atoms with Crippen LogP contribution >= 0.6 is 22.6 Å². The number of halogens is 2. The van der Waals surface area contributed by atoms with E-state index in [2.05, 4.69) is 11.9 Å². The zero-order valence-electron chi connectivity index (χ0n) is 15.5. The summed E-state index contributed by atoms with van der Waals surface area (Å²) in [6.07, 6.45) is 0.946. The predicted molar refractivity (Wildman–Crippen MR) is 117 cm³/mol. The lowest BCUT2D eigenvalue weighted by Crippen LogP contribution is -2.30. The van der Waals surface area contributed by atoms with Crippen molar-refractivity contribution in [3.8, 4) is 0 Å². The molecule has 2 heterocycles. The molecule has 0 saturated carbocycles. The maximum Gasteiger partial charge on any atom is 0.253 e. The van der Waals surface area contributed by atoms with E-state index in [4.69, 9.17) is 5.11 Å². The Labute approximate surface area is 175 Å². The van der Waals surface area contributed by atoms with Crippen molar-refractivity contribution in [2.45, 2.75) is 12.5 Å². The van der Waals surface area contributed by atoms with Crippen LogP contribution in [0.4, 0.5) is 21.6 Å². The van der Waals surface area contributed by atoms with Gasteiger partial charge in [-0.2, -0.15) is 0 Å². The lowest BCUT2D eigenvalue weighted by Gasteiger charge is -2.32. The summed E-state index contributed by atoms with van der Waals surface area (Å²) >= 11 is 2.02. The normalized spacial score (nSPS) is 14.6. The minimum Gasteiger partial charge on any atom is -0.396 e. The second kappa shape index (κ2) is 8.06. The fraction of sp³-hybridized carbons (Fsp3) is 0.250. The Morgan fingerprint density at radius 1 is 1.29 bits per heavy atom. The molecular formula is C20H21FIN3O3. The van der Waals surface area contributed by atoms with E-state index >= 15 is 0 Å². The van der Waals surface area contributed by atoms with E-state index in [1.165, 1.54) is 16.7 Å². The van der Waals surface area contributed by atoms with Crippen LogP contribution < -0.4 is 15.8 Å². The van der Waals surface area contributed by atoms with E-state index in [1.807, 2.05) is 22.6 Å². The number of nitrogens with one attached hydrogen (secondary N) is 1. The van der Waals surface area contributed by atoms with Gasteiger partial charge in [0.1, 0.15) is 11.6 Å². The van der Waals surface area contributed by atoms with Crippen molar-refractivity contribution in [3.63, 3.8) is 0 Å². The summed E-state index contributed by atoms with van der Waals surface area (Å²) in [7, 11) is 3.40. The summed E-state index contributed by atoms with van der Waals surface area (Å²) in [6, 6.07) is 6.15. The van der Waals surface area contributed by atoms with Crippen molar-refractivity contribution in [2.24, 2.45) is 7.05 Å². The lowest BCUT2D eigenvalue weighted by molar-refractivity contribution is 0.164. The van der Waals surface area contributed by atoms with Gasteiger partial charge in [0.15, 0.2) is 0 Å². The maximum absolute atomic E-state index is 14.4. The fourth-order valence-corrected chi connectivity index (χ4v) is 3.74. The largest absolute Gasteiger partial charge is 0.396 e. The molecule has 1 atom stereocenters. The fourth-order valence-electron chi connectivity index (χ4n) is 3.29. The first-order valence-electron chi connectivity index (χ1n) is 8.63. The highest BCUT2D eigenvalue weighted by atomic mass is 127. The average Bonchev–Trinajstić information content (AvgIpc) is 2.63. The van der Waals surface area contributed by atoms with Crippen molar-refractivity contribution < 1.29 is 14.6 Å². The van der Waals surface area contributed by atoms with Gasteiger partial charge in [-0.1, -0.05) is 6.58 Å². The molecule has 3 rings (SSSR count). The monoisotopic (exact) mass is 497 g/mol. The topological polar surface area (TPSA) is 77.7 Å². The Bertz CT molecular complexity index is 1030. The summed E-state index contributed by atoms with van der Waals surface area (Å²) in [6.45, 7) is 3.93. The van der Waals surface area contributed by atoms with Gasteiger partial charge in [0, 0.05) is 54.1 Å². The molecule has 0 bridgehead atoms. The molecule has 0 amide bonds. The van der Waals surface area contributed by atoms with Gasteiger partial charge in [0.25, 0.3) is 5.56 Å². The third-order valence-corrected chi connectivity index (χ3v) is 5.36. The summed E-state index contributed by atoms with van der Waals surface area (Å²) in [5.41, 5.74) is 2.01. The molecule has 1 aromatic carbocycles. The lowest BCUT2D eigenvalue weighted by atomic mass is 9.91. The molecule has 0 unspecified atom stereocenters. The van der Waals surface area contributed by atoms with Crippen molar-refractivity contribution in [2.75, 3.05) is 23.9 Å². The number of hydrogen-bond donors (Lipinski definition) is 3. The van der Waals surface area contributed by atoms with Gasteiger partial charge >= 0.3 is 0 Å². The minimum absolute atomic E-state index is 0.161. The summed E-state index contributed by atoms with van der Waals surface area (Å²) in [5.74, 6) is 0.137. The molecule has 0 aliphatic carbocycles. The van der Waals surface area contributed by atoms with E-state index in [9.17, 15) is 14.3 Å². The molecule has 1 aliphatic rings.